The van der Waals surface area contributed by atoms with Crippen molar-refractivity contribution in [2.45, 2.75) is 18.6 Å². The SMILES string of the molecule is COc1cccc([C@@H]2O[C@@H](CC(=O)O)C(=S)Nc3ccc(F)cc32)c1Cl. The molecule has 2 N–H and O–H groups in total. The zero-order chi connectivity index (χ0) is 18.8. The van der Waals surface area contributed by atoms with Gasteiger partial charge in [-0.05, 0) is 24.3 Å². The standard InChI is InChI=1S/C18H15ClFNO4S/c1-24-13-4-2-3-10(16(13)19)17-11-7-9(20)5-6-12(11)21-18(26)14(25-17)8-15(22)23/h2-7,14,17H,8H2,1H3,(H,21,26)(H,22,23)/t14-,17-/m0/s1. The summed E-state index contributed by atoms with van der Waals surface area (Å²) in [6, 6.07) is 9.27. The van der Waals surface area contributed by atoms with Crippen molar-refractivity contribution in [1.82, 2.24) is 0 Å². The first-order valence-electron chi connectivity index (χ1n) is 7.70. The number of hydrogen-bond donors (Lipinski definition) is 2. The van der Waals surface area contributed by atoms with Crippen molar-refractivity contribution in [3.63, 3.8) is 0 Å². The molecule has 0 bridgehead atoms. The topological polar surface area (TPSA) is 67.8 Å². The number of nitrogens with one attached hydrogen (secondary N) is 1. The number of anilines is 1. The minimum Gasteiger partial charge on any atom is -0.495 e. The summed E-state index contributed by atoms with van der Waals surface area (Å²) in [7, 11) is 1.48. The van der Waals surface area contributed by atoms with E-state index in [9.17, 15) is 9.18 Å². The minimum absolute atomic E-state index is 0.210. The summed E-state index contributed by atoms with van der Waals surface area (Å²) in [4.78, 5) is 11.4. The van der Waals surface area contributed by atoms with Gasteiger partial charge in [-0.2, -0.15) is 0 Å². The van der Waals surface area contributed by atoms with Crippen molar-refractivity contribution in [3.05, 3.63) is 58.4 Å². The molecular formula is C18H15ClFNO4S. The molecule has 8 heteroatoms. The Morgan fingerprint density at radius 2 is 2.15 bits per heavy atom. The van der Waals surface area contributed by atoms with Gasteiger partial charge in [0.15, 0.2) is 0 Å². The number of fused-ring (bicyclic) bond motifs is 1. The highest BCUT2D eigenvalue weighted by Gasteiger charge is 2.32. The molecule has 2 aromatic carbocycles. The molecule has 1 aliphatic heterocycles. The van der Waals surface area contributed by atoms with Crippen LogP contribution < -0.4 is 10.1 Å². The van der Waals surface area contributed by atoms with Crippen LogP contribution in [0.2, 0.25) is 5.02 Å². The smallest absolute Gasteiger partial charge is 0.306 e. The number of carbonyl (C=O) groups is 1. The average Bonchev–Trinajstić information content (AvgIpc) is 2.72. The fourth-order valence-corrected chi connectivity index (χ4v) is 3.36. The third-order valence-electron chi connectivity index (χ3n) is 4.00. The summed E-state index contributed by atoms with van der Waals surface area (Å²) in [6.07, 6.45) is -2.05. The number of halogens is 2. The molecule has 0 saturated heterocycles. The molecule has 5 nitrogen and oxygen atoms in total. The summed E-state index contributed by atoms with van der Waals surface area (Å²) in [6.45, 7) is 0. The molecule has 0 unspecified atom stereocenters. The van der Waals surface area contributed by atoms with Gasteiger partial charge in [0, 0.05) is 16.8 Å². The van der Waals surface area contributed by atoms with Crippen molar-refractivity contribution in [2.75, 3.05) is 12.4 Å². The second-order valence-corrected chi connectivity index (χ2v) is 6.50. The van der Waals surface area contributed by atoms with E-state index in [1.807, 2.05) is 0 Å². The molecular weight excluding hydrogens is 381 g/mol. The summed E-state index contributed by atoms with van der Waals surface area (Å²) in [5.74, 6) is -1.09. The maximum atomic E-state index is 13.9. The molecule has 1 heterocycles. The van der Waals surface area contributed by atoms with E-state index >= 15 is 0 Å². The Kier molecular flexibility index (Phi) is 5.41. The fraction of sp³-hybridized carbons (Fsp3) is 0.222. The molecule has 136 valence electrons. The third kappa shape index (κ3) is 3.65. The Balaban J connectivity index is 2.15. The summed E-state index contributed by atoms with van der Waals surface area (Å²) >= 11 is 11.7. The number of hydrogen-bond acceptors (Lipinski definition) is 4. The van der Waals surface area contributed by atoms with Gasteiger partial charge in [0.05, 0.1) is 18.6 Å². The lowest BCUT2D eigenvalue weighted by Gasteiger charge is -2.23. The highest BCUT2D eigenvalue weighted by atomic mass is 35.5. The maximum Gasteiger partial charge on any atom is 0.306 e. The monoisotopic (exact) mass is 395 g/mol. The van der Waals surface area contributed by atoms with E-state index in [0.29, 0.717) is 27.6 Å². The predicted molar refractivity (Wildman–Crippen MR) is 99.6 cm³/mol. The molecule has 26 heavy (non-hydrogen) atoms. The van der Waals surface area contributed by atoms with E-state index in [1.54, 1.807) is 18.2 Å². The first kappa shape index (κ1) is 18.6. The largest absolute Gasteiger partial charge is 0.495 e. The molecule has 0 aliphatic carbocycles. The first-order valence-corrected chi connectivity index (χ1v) is 8.49. The van der Waals surface area contributed by atoms with E-state index in [1.165, 1.54) is 25.3 Å². The van der Waals surface area contributed by atoms with Crippen molar-refractivity contribution in [2.24, 2.45) is 0 Å². The predicted octanol–water partition coefficient (Wildman–Crippen LogP) is 4.19. The molecule has 0 radical (unpaired) electrons. The van der Waals surface area contributed by atoms with Crippen molar-refractivity contribution < 1.29 is 23.8 Å². The van der Waals surface area contributed by atoms with Crippen molar-refractivity contribution in [3.8, 4) is 5.75 Å². The van der Waals surface area contributed by atoms with Crippen LogP contribution in [-0.4, -0.2) is 29.3 Å². The number of carboxylic acids is 1. The number of methoxy groups -OCH3 is 1. The summed E-state index contributed by atoms with van der Waals surface area (Å²) in [5, 5.41) is 12.4. The Bertz CT molecular complexity index is 876. The lowest BCUT2D eigenvalue weighted by Crippen LogP contribution is -2.30. The second kappa shape index (κ2) is 7.57. The molecule has 0 spiro atoms. The van der Waals surface area contributed by atoms with Gasteiger partial charge in [-0.1, -0.05) is 36.0 Å². The molecule has 0 saturated carbocycles. The quantitative estimate of drug-likeness (QED) is 0.756. The lowest BCUT2D eigenvalue weighted by atomic mass is 9.99. The Morgan fingerprint density at radius 3 is 2.85 bits per heavy atom. The van der Waals surface area contributed by atoms with E-state index < -0.39 is 24.0 Å². The second-order valence-electron chi connectivity index (χ2n) is 5.69. The van der Waals surface area contributed by atoms with E-state index in [2.05, 4.69) is 5.32 Å². The number of aliphatic carboxylic acids is 1. The van der Waals surface area contributed by atoms with Gasteiger partial charge in [-0.15, -0.1) is 0 Å². The van der Waals surface area contributed by atoms with Gasteiger partial charge in [0.1, 0.15) is 28.8 Å². The van der Waals surface area contributed by atoms with E-state index in [0.717, 1.165) is 0 Å². The number of thiocarbonyl (C=S) groups is 1. The van der Waals surface area contributed by atoms with Crippen molar-refractivity contribution >= 4 is 40.5 Å². The van der Waals surface area contributed by atoms with Crippen LogP contribution in [0.4, 0.5) is 10.1 Å². The molecule has 0 fully saturated rings. The fourth-order valence-electron chi connectivity index (χ4n) is 2.81. The van der Waals surface area contributed by atoms with Crippen LogP contribution in [0.5, 0.6) is 5.75 Å². The van der Waals surface area contributed by atoms with Crippen LogP contribution in [0.15, 0.2) is 36.4 Å². The highest BCUT2D eigenvalue weighted by Crippen LogP contribution is 2.41. The zero-order valence-electron chi connectivity index (χ0n) is 13.7. The first-order chi connectivity index (χ1) is 12.4. The van der Waals surface area contributed by atoms with E-state index in [-0.39, 0.29) is 11.4 Å². The number of benzene rings is 2. The highest BCUT2D eigenvalue weighted by molar-refractivity contribution is 7.80. The maximum absolute atomic E-state index is 13.9. The normalized spacial score (nSPS) is 19.3. The van der Waals surface area contributed by atoms with Crippen LogP contribution >= 0.6 is 23.8 Å². The Labute approximate surface area is 159 Å². The lowest BCUT2D eigenvalue weighted by molar-refractivity contribution is -0.139. The molecule has 3 rings (SSSR count). The van der Waals surface area contributed by atoms with Gasteiger partial charge >= 0.3 is 5.97 Å². The third-order valence-corrected chi connectivity index (χ3v) is 4.77. The number of carboxylic acid groups (broad SMARTS) is 1. The summed E-state index contributed by atoms with van der Waals surface area (Å²) < 4.78 is 25.1. The van der Waals surface area contributed by atoms with Crippen LogP contribution in [0.1, 0.15) is 23.7 Å². The number of ether oxygens (including phenoxy) is 2. The average molecular weight is 396 g/mol. The number of rotatable bonds is 4. The summed E-state index contributed by atoms with van der Waals surface area (Å²) in [5.41, 5.74) is 1.53. The van der Waals surface area contributed by atoms with Crippen LogP contribution in [0, 0.1) is 5.82 Å². The molecule has 1 aliphatic rings. The molecule has 2 atom stereocenters. The van der Waals surface area contributed by atoms with Gasteiger partial charge in [-0.3, -0.25) is 4.79 Å². The minimum atomic E-state index is -1.06. The van der Waals surface area contributed by atoms with Gasteiger partial charge < -0.3 is 19.9 Å². The van der Waals surface area contributed by atoms with Gasteiger partial charge in [0.2, 0.25) is 0 Å². The molecule has 0 aromatic heterocycles. The van der Waals surface area contributed by atoms with E-state index in [4.69, 9.17) is 38.4 Å². The van der Waals surface area contributed by atoms with Crippen LogP contribution in [-0.2, 0) is 9.53 Å². The van der Waals surface area contributed by atoms with Gasteiger partial charge in [-0.25, -0.2) is 4.39 Å². The zero-order valence-corrected chi connectivity index (χ0v) is 15.2. The van der Waals surface area contributed by atoms with Crippen molar-refractivity contribution in [1.29, 1.82) is 0 Å². The van der Waals surface area contributed by atoms with Crippen LogP contribution in [0.3, 0.4) is 0 Å². The molecule has 0 amide bonds. The van der Waals surface area contributed by atoms with Gasteiger partial charge in [0.25, 0.3) is 0 Å². The Hall–Kier alpha value is -2.22. The van der Waals surface area contributed by atoms with Crippen LogP contribution in [0.25, 0.3) is 0 Å². The Morgan fingerprint density at radius 1 is 1.38 bits per heavy atom. The molecule has 2 aromatic rings.